The van der Waals surface area contributed by atoms with Gasteiger partial charge in [-0.05, 0) is 6.42 Å². The van der Waals surface area contributed by atoms with Crippen molar-refractivity contribution in [3.05, 3.63) is 23.6 Å². The first-order chi connectivity index (χ1) is 8.72. The Labute approximate surface area is 111 Å². The van der Waals surface area contributed by atoms with Crippen molar-refractivity contribution < 1.29 is 0 Å². The lowest BCUT2D eigenvalue weighted by atomic mass is 10.2. The Kier molecular flexibility index (Phi) is 4.15. The van der Waals surface area contributed by atoms with Gasteiger partial charge in [0.1, 0.15) is 5.52 Å². The molecule has 2 aromatic heterocycles. The number of hydrogen-bond acceptors (Lipinski definition) is 4. The van der Waals surface area contributed by atoms with Gasteiger partial charge in [0.2, 0.25) is 5.95 Å². The molecule has 0 amide bonds. The molecule has 6 heteroatoms. The fourth-order valence-electron chi connectivity index (χ4n) is 1.69. The number of hydrogen-bond donors (Lipinski definition) is 1. The Morgan fingerprint density at radius 2 is 2.22 bits per heavy atom. The van der Waals surface area contributed by atoms with E-state index in [2.05, 4.69) is 34.0 Å². The average Bonchev–Trinajstić information content (AvgIpc) is 2.72. The van der Waals surface area contributed by atoms with Crippen LogP contribution in [0.25, 0.3) is 11.2 Å². The number of anilines is 1. The zero-order valence-electron chi connectivity index (χ0n) is 10.3. The van der Waals surface area contributed by atoms with Crippen LogP contribution in [-0.4, -0.2) is 19.5 Å². The third-order valence-electron chi connectivity index (χ3n) is 2.63. The van der Waals surface area contributed by atoms with Crippen molar-refractivity contribution in [2.24, 2.45) is 0 Å². The molecule has 0 aliphatic rings. The van der Waals surface area contributed by atoms with Crippen molar-refractivity contribution in [1.29, 1.82) is 0 Å². The normalized spacial score (nSPS) is 11.7. The molecule has 0 aliphatic carbocycles. The van der Waals surface area contributed by atoms with E-state index in [0.717, 1.165) is 6.42 Å². The van der Waals surface area contributed by atoms with Gasteiger partial charge in [-0.2, -0.15) is 9.97 Å². The maximum Gasteiger partial charge on any atom is 0.223 e. The van der Waals surface area contributed by atoms with E-state index in [1.807, 2.05) is 4.57 Å². The predicted octanol–water partition coefficient (Wildman–Crippen LogP) is 2.81. The minimum atomic E-state index is 0.171. The molecule has 2 aromatic rings. The quantitative estimate of drug-likeness (QED) is 0.513. The molecule has 0 aromatic carbocycles. The van der Waals surface area contributed by atoms with Crippen molar-refractivity contribution in [3.8, 4) is 0 Å². The maximum absolute atomic E-state index is 5.95. The summed E-state index contributed by atoms with van der Waals surface area (Å²) in [6.07, 6.45) is 9.49. The Balaban J connectivity index is 2.16. The van der Waals surface area contributed by atoms with Gasteiger partial charge in [-0.1, -0.05) is 43.5 Å². The molecule has 0 radical (unpaired) electrons. The summed E-state index contributed by atoms with van der Waals surface area (Å²) in [6, 6.07) is 0. The van der Waals surface area contributed by atoms with Crippen molar-refractivity contribution in [3.63, 3.8) is 0 Å². The molecule has 96 valence electrons. The molecule has 0 atom stereocenters. The van der Waals surface area contributed by atoms with Crippen LogP contribution in [0.5, 0.6) is 0 Å². The highest BCUT2D eigenvalue weighted by Crippen LogP contribution is 2.19. The van der Waals surface area contributed by atoms with Gasteiger partial charge in [0.05, 0.1) is 6.33 Å². The lowest BCUT2D eigenvalue weighted by Crippen LogP contribution is -2.00. The fraction of sp³-hybridized carbons (Fsp3) is 0.417. The van der Waals surface area contributed by atoms with Gasteiger partial charge >= 0.3 is 0 Å². The van der Waals surface area contributed by atoms with Crippen LogP contribution in [0.1, 0.15) is 26.2 Å². The van der Waals surface area contributed by atoms with Crippen LogP contribution in [0.2, 0.25) is 5.15 Å². The van der Waals surface area contributed by atoms with E-state index < -0.39 is 0 Å². The molecular weight excluding hydrogens is 250 g/mol. The summed E-state index contributed by atoms with van der Waals surface area (Å²) in [4.78, 5) is 12.2. The molecule has 2 rings (SSSR count). The molecule has 0 aliphatic heterocycles. The topological polar surface area (TPSA) is 69.6 Å². The number of fused-ring (bicyclic) bond motifs is 1. The molecule has 0 bridgehead atoms. The van der Waals surface area contributed by atoms with Gasteiger partial charge in [-0.25, -0.2) is 4.98 Å². The highest BCUT2D eigenvalue weighted by molar-refractivity contribution is 6.33. The lowest BCUT2D eigenvalue weighted by Gasteiger charge is -2.00. The third-order valence-corrected chi connectivity index (χ3v) is 2.90. The summed E-state index contributed by atoms with van der Waals surface area (Å²) >= 11 is 5.95. The van der Waals surface area contributed by atoms with E-state index in [1.165, 1.54) is 12.8 Å². The van der Waals surface area contributed by atoms with Crippen LogP contribution in [0.4, 0.5) is 5.95 Å². The van der Waals surface area contributed by atoms with E-state index in [9.17, 15) is 0 Å². The molecular formula is C12H16ClN5. The van der Waals surface area contributed by atoms with E-state index in [4.69, 9.17) is 17.3 Å². The van der Waals surface area contributed by atoms with E-state index in [0.29, 0.717) is 22.9 Å². The zero-order valence-corrected chi connectivity index (χ0v) is 11.1. The number of unbranched alkanes of at least 4 members (excludes halogenated alkanes) is 2. The minimum Gasteiger partial charge on any atom is -0.368 e. The van der Waals surface area contributed by atoms with Gasteiger partial charge in [0.25, 0.3) is 0 Å². The fourth-order valence-corrected chi connectivity index (χ4v) is 1.91. The third kappa shape index (κ3) is 2.79. The van der Waals surface area contributed by atoms with Crippen LogP contribution in [0, 0.1) is 0 Å². The largest absolute Gasteiger partial charge is 0.368 e. The summed E-state index contributed by atoms with van der Waals surface area (Å²) in [7, 11) is 0. The number of rotatable bonds is 5. The lowest BCUT2D eigenvalue weighted by molar-refractivity contribution is 0.798. The molecule has 0 saturated heterocycles. The summed E-state index contributed by atoms with van der Waals surface area (Å²) < 4.78 is 1.90. The molecule has 0 spiro atoms. The van der Waals surface area contributed by atoms with Gasteiger partial charge in [0.15, 0.2) is 10.8 Å². The Bertz CT molecular complexity index is 561. The number of nitrogens with zero attached hydrogens (tertiary/aromatic N) is 4. The van der Waals surface area contributed by atoms with Gasteiger partial charge in [-0.15, -0.1) is 0 Å². The molecule has 18 heavy (non-hydrogen) atoms. The van der Waals surface area contributed by atoms with Gasteiger partial charge in [-0.3, -0.25) is 0 Å². The second-order valence-corrected chi connectivity index (χ2v) is 4.41. The molecule has 0 unspecified atom stereocenters. The number of nitrogens with two attached hydrogens (primary N) is 1. The average molecular weight is 266 g/mol. The monoisotopic (exact) mass is 265 g/mol. The second-order valence-electron chi connectivity index (χ2n) is 4.06. The van der Waals surface area contributed by atoms with E-state index in [1.54, 1.807) is 6.33 Å². The molecule has 0 saturated carbocycles. The number of nitrogen functional groups attached to an aromatic ring is 1. The highest BCUT2D eigenvalue weighted by Gasteiger charge is 2.09. The van der Waals surface area contributed by atoms with Crippen molar-refractivity contribution in [1.82, 2.24) is 19.5 Å². The Morgan fingerprint density at radius 3 is 3.00 bits per heavy atom. The SMILES string of the molecule is CCCC/C=C\Cn1cnc2c(Cl)nc(N)nc21. The van der Waals surface area contributed by atoms with Crippen LogP contribution in [-0.2, 0) is 6.54 Å². The van der Waals surface area contributed by atoms with Crippen LogP contribution in [0.3, 0.4) is 0 Å². The van der Waals surface area contributed by atoms with Crippen molar-refractivity contribution >= 4 is 28.7 Å². The van der Waals surface area contributed by atoms with Gasteiger partial charge < -0.3 is 10.3 Å². The van der Waals surface area contributed by atoms with Gasteiger partial charge in [0, 0.05) is 6.54 Å². The first-order valence-electron chi connectivity index (χ1n) is 6.01. The van der Waals surface area contributed by atoms with Crippen LogP contribution < -0.4 is 5.73 Å². The number of allylic oxidation sites excluding steroid dienone is 2. The summed E-state index contributed by atoms with van der Waals surface area (Å²) in [5, 5.41) is 0.297. The number of aromatic nitrogens is 4. The zero-order chi connectivity index (χ0) is 13.0. The number of imidazole rings is 1. The standard InChI is InChI=1S/C12H16ClN5/c1-2-3-4-5-6-7-18-8-15-9-10(13)16-12(14)17-11(9)18/h5-6,8H,2-4,7H2,1H3,(H2,14,16,17)/b6-5-. The van der Waals surface area contributed by atoms with Crippen LogP contribution in [0.15, 0.2) is 18.5 Å². The van der Waals surface area contributed by atoms with Crippen LogP contribution >= 0.6 is 11.6 Å². The van der Waals surface area contributed by atoms with E-state index >= 15 is 0 Å². The molecule has 2 N–H and O–H groups in total. The first kappa shape index (κ1) is 12.8. The van der Waals surface area contributed by atoms with Crippen molar-refractivity contribution in [2.45, 2.75) is 32.7 Å². The minimum absolute atomic E-state index is 0.171. The highest BCUT2D eigenvalue weighted by atomic mass is 35.5. The first-order valence-corrected chi connectivity index (χ1v) is 6.39. The second kappa shape index (κ2) is 5.82. The Morgan fingerprint density at radius 1 is 1.39 bits per heavy atom. The smallest absolute Gasteiger partial charge is 0.223 e. The summed E-state index contributed by atoms with van der Waals surface area (Å²) in [5.41, 5.74) is 6.85. The Hall–Kier alpha value is -1.62. The molecule has 2 heterocycles. The van der Waals surface area contributed by atoms with E-state index in [-0.39, 0.29) is 5.95 Å². The predicted molar refractivity (Wildman–Crippen MR) is 73.4 cm³/mol. The summed E-state index contributed by atoms with van der Waals surface area (Å²) in [6.45, 7) is 2.89. The molecule has 0 fully saturated rings. The number of halogens is 1. The van der Waals surface area contributed by atoms with Crippen molar-refractivity contribution in [2.75, 3.05) is 5.73 Å². The summed E-state index contributed by atoms with van der Waals surface area (Å²) in [5.74, 6) is 0.171. The molecule has 5 nitrogen and oxygen atoms in total. The maximum atomic E-state index is 5.95.